The molecule has 1 aromatic carbocycles. The fraction of sp³-hybridized carbons (Fsp3) is 0.500. The van der Waals surface area contributed by atoms with Crippen LogP contribution in [0, 0.1) is 6.92 Å². The first-order valence-corrected chi connectivity index (χ1v) is 5.13. The second kappa shape index (κ2) is 5.01. The lowest BCUT2D eigenvalue weighted by molar-refractivity contribution is 0.200. The minimum absolute atomic E-state index is 0.281. The van der Waals surface area contributed by atoms with Crippen LogP contribution in [0.15, 0.2) is 24.3 Å². The number of aliphatic hydroxyl groups is 1. The van der Waals surface area contributed by atoms with Crippen LogP contribution >= 0.6 is 0 Å². The summed E-state index contributed by atoms with van der Waals surface area (Å²) in [7, 11) is 0. The van der Waals surface area contributed by atoms with E-state index in [9.17, 15) is 5.11 Å². The molecule has 0 heterocycles. The molecule has 0 aromatic heterocycles. The number of aryl methyl sites for hydroxylation is 1. The van der Waals surface area contributed by atoms with Crippen molar-refractivity contribution in [1.82, 2.24) is 0 Å². The van der Waals surface area contributed by atoms with Crippen molar-refractivity contribution in [2.24, 2.45) is 0 Å². The SMILES string of the molecule is CCN(CC(C)O)c1ccc(C)cc1. The zero-order valence-electron chi connectivity index (χ0n) is 9.20. The third kappa shape index (κ3) is 3.04. The summed E-state index contributed by atoms with van der Waals surface area (Å²) in [4.78, 5) is 2.17. The molecule has 14 heavy (non-hydrogen) atoms. The predicted molar refractivity (Wildman–Crippen MR) is 60.7 cm³/mol. The van der Waals surface area contributed by atoms with Crippen molar-refractivity contribution in [3.05, 3.63) is 29.8 Å². The van der Waals surface area contributed by atoms with Gasteiger partial charge in [0.1, 0.15) is 0 Å². The number of likely N-dealkylation sites (N-methyl/N-ethyl adjacent to an activating group) is 1. The molecule has 1 N–H and O–H groups in total. The Morgan fingerprint density at radius 1 is 1.29 bits per heavy atom. The number of hydrogen-bond donors (Lipinski definition) is 1. The monoisotopic (exact) mass is 193 g/mol. The highest BCUT2D eigenvalue weighted by Gasteiger charge is 2.06. The molecule has 2 heteroatoms. The molecular weight excluding hydrogens is 174 g/mol. The number of aliphatic hydroxyl groups excluding tert-OH is 1. The highest BCUT2D eigenvalue weighted by molar-refractivity contribution is 5.47. The maximum absolute atomic E-state index is 9.33. The molecule has 0 aliphatic heterocycles. The Hall–Kier alpha value is -1.02. The lowest BCUT2D eigenvalue weighted by Gasteiger charge is -2.24. The van der Waals surface area contributed by atoms with Gasteiger partial charge in [0.25, 0.3) is 0 Å². The standard InChI is InChI=1S/C12H19NO/c1-4-13(9-11(3)14)12-7-5-10(2)6-8-12/h5-8,11,14H,4,9H2,1-3H3. The van der Waals surface area contributed by atoms with E-state index < -0.39 is 0 Å². The zero-order valence-corrected chi connectivity index (χ0v) is 9.20. The number of rotatable bonds is 4. The van der Waals surface area contributed by atoms with E-state index in [1.165, 1.54) is 11.3 Å². The average Bonchev–Trinajstić information content (AvgIpc) is 2.15. The van der Waals surface area contributed by atoms with Gasteiger partial charge >= 0.3 is 0 Å². The number of hydrogen-bond acceptors (Lipinski definition) is 2. The van der Waals surface area contributed by atoms with E-state index in [-0.39, 0.29) is 6.10 Å². The molecule has 0 fully saturated rings. The summed E-state index contributed by atoms with van der Waals surface area (Å²) in [5.74, 6) is 0. The van der Waals surface area contributed by atoms with E-state index in [0.29, 0.717) is 6.54 Å². The summed E-state index contributed by atoms with van der Waals surface area (Å²) in [5, 5.41) is 9.33. The second-order valence-electron chi connectivity index (χ2n) is 3.72. The van der Waals surface area contributed by atoms with Gasteiger partial charge in [-0.15, -0.1) is 0 Å². The molecule has 0 saturated carbocycles. The van der Waals surface area contributed by atoms with Gasteiger partial charge < -0.3 is 10.0 Å². The molecule has 0 saturated heterocycles. The Morgan fingerprint density at radius 2 is 1.86 bits per heavy atom. The second-order valence-corrected chi connectivity index (χ2v) is 3.72. The topological polar surface area (TPSA) is 23.5 Å². The smallest absolute Gasteiger partial charge is 0.0687 e. The Labute approximate surface area is 86.2 Å². The van der Waals surface area contributed by atoms with Crippen LogP contribution in [-0.4, -0.2) is 24.3 Å². The summed E-state index contributed by atoms with van der Waals surface area (Å²) in [6, 6.07) is 8.39. The van der Waals surface area contributed by atoms with Crippen LogP contribution in [0.4, 0.5) is 5.69 Å². The van der Waals surface area contributed by atoms with Gasteiger partial charge in [-0.1, -0.05) is 17.7 Å². The molecule has 1 aromatic rings. The fourth-order valence-corrected chi connectivity index (χ4v) is 1.49. The number of benzene rings is 1. The molecule has 0 aliphatic rings. The van der Waals surface area contributed by atoms with Gasteiger partial charge in [-0.25, -0.2) is 0 Å². The van der Waals surface area contributed by atoms with Gasteiger partial charge in [0.05, 0.1) is 6.10 Å². The molecular formula is C12H19NO. The molecule has 2 nitrogen and oxygen atoms in total. The van der Waals surface area contributed by atoms with Gasteiger partial charge in [0, 0.05) is 18.8 Å². The minimum Gasteiger partial charge on any atom is -0.392 e. The molecule has 0 bridgehead atoms. The molecule has 1 atom stereocenters. The molecule has 78 valence electrons. The Kier molecular flexibility index (Phi) is 3.96. The summed E-state index contributed by atoms with van der Waals surface area (Å²) in [5.41, 5.74) is 2.45. The van der Waals surface area contributed by atoms with E-state index in [1.807, 2.05) is 6.92 Å². The normalized spacial score (nSPS) is 12.6. The van der Waals surface area contributed by atoms with Gasteiger partial charge in [-0.3, -0.25) is 0 Å². The molecule has 0 radical (unpaired) electrons. The van der Waals surface area contributed by atoms with E-state index in [4.69, 9.17) is 0 Å². The number of nitrogens with zero attached hydrogens (tertiary/aromatic N) is 1. The Balaban J connectivity index is 2.73. The van der Waals surface area contributed by atoms with Crippen LogP contribution in [0.1, 0.15) is 19.4 Å². The Morgan fingerprint density at radius 3 is 2.29 bits per heavy atom. The molecule has 0 amide bonds. The van der Waals surface area contributed by atoms with Crippen molar-refractivity contribution in [2.75, 3.05) is 18.0 Å². The third-order valence-corrected chi connectivity index (χ3v) is 2.27. The summed E-state index contributed by atoms with van der Waals surface area (Å²) in [6.07, 6.45) is -0.281. The van der Waals surface area contributed by atoms with Crippen molar-refractivity contribution in [2.45, 2.75) is 26.9 Å². The van der Waals surface area contributed by atoms with Crippen molar-refractivity contribution in [3.63, 3.8) is 0 Å². The van der Waals surface area contributed by atoms with E-state index >= 15 is 0 Å². The van der Waals surface area contributed by atoms with E-state index in [0.717, 1.165) is 6.54 Å². The van der Waals surface area contributed by atoms with Gasteiger partial charge in [0.2, 0.25) is 0 Å². The first-order chi connectivity index (χ1) is 6.63. The zero-order chi connectivity index (χ0) is 10.6. The quantitative estimate of drug-likeness (QED) is 0.792. The van der Waals surface area contributed by atoms with Crippen molar-refractivity contribution in [3.8, 4) is 0 Å². The predicted octanol–water partition coefficient (Wildman–Crippen LogP) is 2.20. The number of anilines is 1. The van der Waals surface area contributed by atoms with Crippen LogP contribution in [0.5, 0.6) is 0 Å². The summed E-state index contributed by atoms with van der Waals surface area (Å²) < 4.78 is 0. The van der Waals surface area contributed by atoms with E-state index in [2.05, 4.69) is 43.0 Å². The third-order valence-electron chi connectivity index (χ3n) is 2.27. The first-order valence-electron chi connectivity index (χ1n) is 5.13. The highest BCUT2D eigenvalue weighted by Crippen LogP contribution is 2.14. The van der Waals surface area contributed by atoms with Crippen LogP contribution in [-0.2, 0) is 0 Å². The maximum Gasteiger partial charge on any atom is 0.0687 e. The fourth-order valence-electron chi connectivity index (χ4n) is 1.49. The van der Waals surface area contributed by atoms with Crippen molar-refractivity contribution in [1.29, 1.82) is 0 Å². The van der Waals surface area contributed by atoms with Crippen molar-refractivity contribution >= 4 is 5.69 Å². The minimum atomic E-state index is -0.281. The average molecular weight is 193 g/mol. The molecule has 0 aliphatic carbocycles. The highest BCUT2D eigenvalue weighted by atomic mass is 16.3. The van der Waals surface area contributed by atoms with Gasteiger partial charge in [-0.2, -0.15) is 0 Å². The molecule has 1 rings (SSSR count). The van der Waals surface area contributed by atoms with Crippen LogP contribution in [0.2, 0.25) is 0 Å². The summed E-state index contributed by atoms with van der Waals surface area (Å²) >= 11 is 0. The van der Waals surface area contributed by atoms with Crippen LogP contribution in [0.25, 0.3) is 0 Å². The largest absolute Gasteiger partial charge is 0.392 e. The van der Waals surface area contributed by atoms with Crippen LogP contribution in [0.3, 0.4) is 0 Å². The van der Waals surface area contributed by atoms with Gasteiger partial charge in [-0.05, 0) is 32.9 Å². The first kappa shape index (κ1) is 11.1. The van der Waals surface area contributed by atoms with Crippen molar-refractivity contribution < 1.29 is 5.11 Å². The Bertz CT molecular complexity index is 266. The lowest BCUT2D eigenvalue weighted by Crippen LogP contribution is -2.30. The van der Waals surface area contributed by atoms with E-state index in [1.54, 1.807) is 0 Å². The van der Waals surface area contributed by atoms with Gasteiger partial charge in [0.15, 0.2) is 0 Å². The maximum atomic E-state index is 9.33. The molecule has 0 spiro atoms. The lowest BCUT2D eigenvalue weighted by atomic mass is 10.2. The molecule has 1 unspecified atom stereocenters. The van der Waals surface area contributed by atoms with Crippen LogP contribution < -0.4 is 4.90 Å². The summed E-state index contributed by atoms with van der Waals surface area (Å²) in [6.45, 7) is 7.61.